The number of likely N-dealkylation sites (tertiary alicyclic amines) is 1. The van der Waals surface area contributed by atoms with E-state index < -0.39 is 26.3 Å². The van der Waals surface area contributed by atoms with E-state index in [0.717, 1.165) is 36.4 Å². The lowest BCUT2D eigenvalue weighted by molar-refractivity contribution is -0.0436. The summed E-state index contributed by atoms with van der Waals surface area (Å²) < 4.78 is 75.5. The Kier molecular flexibility index (Phi) is 7.82. The summed E-state index contributed by atoms with van der Waals surface area (Å²) >= 11 is 0. The molecule has 1 fully saturated rings. The van der Waals surface area contributed by atoms with E-state index in [0.29, 0.717) is 40.7 Å². The van der Waals surface area contributed by atoms with Gasteiger partial charge in [0, 0.05) is 23.7 Å². The largest absolute Gasteiger partial charge is 0.508 e. The molecular formula is C31H32F3NO5S. The van der Waals surface area contributed by atoms with Crippen LogP contribution in [-0.2, 0) is 9.84 Å². The first kappa shape index (κ1) is 29.0. The first-order chi connectivity index (χ1) is 19.3. The van der Waals surface area contributed by atoms with Crippen LogP contribution in [0.5, 0.6) is 17.2 Å². The van der Waals surface area contributed by atoms with E-state index in [-0.39, 0.29) is 11.8 Å². The summed E-state index contributed by atoms with van der Waals surface area (Å²) in [5, 5.41) is 10.1. The van der Waals surface area contributed by atoms with E-state index in [4.69, 9.17) is 9.47 Å². The van der Waals surface area contributed by atoms with Crippen LogP contribution < -0.4 is 9.47 Å². The predicted octanol–water partition coefficient (Wildman–Crippen LogP) is 6.86. The molecule has 0 radical (unpaired) electrons. The summed E-state index contributed by atoms with van der Waals surface area (Å²) in [5.74, 6) is 1.98. The van der Waals surface area contributed by atoms with Gasteiger partial charge in [0.2, 0.25) is 0 Å². The van der Waals surface area contributed by atoms with Crippen molar-refractivity contribution in [1.29, 1.82) is 0 Å². The van der Waals surface area contributed by atoms with Crippen molar-refractivity contribution >= 4 is 21.0 Å². The average molecular weight is 588 g/mol. The fraction of sp³-hybridized carbons (Fsp3) is 0.355. The van der Waals surface area contributed by atoms with Gasteiger partial charge >= 0.3 is 5.51 Å². The number of hydrogen-bond donors (Lipinski definition) is 1. The van der Waals surface area contributed by atoms with Crippen molar-refractivity contribution in [3.05, 3.63) is 83.4 Å². The Labute approximate surface area is 237 Å². The lowest BCUT2D eigenvalue weighted by Gasteiger charge is -2.31. The zero-order chi connectivity index (χ0) is 29.5. The SMILES string of the molecule is CC1=C(c2ccc(S(=O)(=O)C(F)(F)F)cc2)C(c2ccc(OCC(C)N3CCC(C)C3)cc2)Oc2ccc(O)cc21. The van der Waals surface area contributed by atoms with Gasteiger partial charge < -0.3 is 14.6 Å². The molecule has 0 saturated carbocycles. The molecule has 1 N–H and O–H groups in total. The Balaban J connectivity index is 1.44. The second-order valence-corrected chi connectivity index (χ2v) is 12.7. The fourth-order valence-electron chi connectivity index (χ4n) is 5.42. The van der Waals surface area contributed by atoms with Crippen LogP contribution in [0.25, 0.3) is 11.1 Å². The molecule has 0 spiro atoms. The Morgan fingerprint density at radius 1 is 1.07 bits per heavy atom. The van der Waals surface area contributed by atoms with Gasteiger partial charge in [-0.15, -0.1) is 0 Å². The maximum absolute atomic E-state index is 13.1. The van der Waals surface area contributed by atoms with E-state index in [1.807, 2.05) is 31.2 Å². The second-order valence-electron chi connectivity index (χ2n) is 10.8. The number of halogens is 3. The Hall–Kier alpha value is -3.50. The number of hydrogen-bond acceptors (Lipinski definition) is 6. The minimum absolute atomic E-state index is 0.0373. The van der Waals surface area contributed by atoms with E-state index in [1.54, 1.807) is 12.1 Å². The zero-order valence-electron chi connectivity index (χ0n) is 23.0. The van der Waals surface area contributed by atoms with E-state index in [9.17, 15) is 26.7 Å². The molecule has 2 heterocycles. The number of fused-ring (bicyclic) bond motifs is 1. The van der Waals surface area contributed by atoms with Crippen LogP contribution >= 0.6 is 0 Å². The summed E-state index contributed by atoms with van der Waals surface area (Å²) in [7, 11) is -5.48. The summed E-state index contributed by atoms with van der Waals surface area (Å²) in [4.78, 5) is 1.59. The standard InChI is InChI=1S/C31H32F3NO5S/c1-19-14-15-35(17-19)20(2)18-39-25-9-4-23(5-10-25)30-29(21(3)27-16-24(36)8-13-28(27)40-30)22-6-11-26(12-7-22)41(37,38)31(32,33)34/h4-13,16,19-20,30,36H,14-15,17-18H2,1-3H3. The summed E-state index contributed by atoms with van der Waals surface area (Å²) in [5.41, 5.74) is -2.11. The average Bonchev–Trinajstić information content (AvgIpc) is 3.38. The molecule has 3 atom stereocenters. The summed E-state index contributed by atoms with van der Waals surface area (Å²) in [6.07, 6.45) is 0.551. The molecular weight excluding hydrogens is 555 g/mol. The van der Waals surface area contributed by atoms with Gasteiger partial charge in [-0.05, 0) is 91.9 Å². The van der Waals surface area contributed by atoms with Crippen LogP contribution in [0.15, 0.2) is 71.6 Å². The molecule has 41 heavy (non-hydrogen) atoms. The van der Waals surface area contributed by atoms with Gasteiger partial charge in [0.05, 0.1) is 4.90 Å². The summed E-state index contributed by atoms with van der Waals surface area (Å²) in [6.45, 7) is 8.94. The Morgan fingerprint density at radius 3 is 2.37 bits per heavy atom. The van der Waals surface area contributed by atoms with Crippen molar-refractivity contribution in [3.63, 3.8) is 0 Å². The highest BCUT2D eigenvalue weighted by Crippen LogP contribution is 2.47. The molecule has 218 valence electrons. The highest BCUT2D eigenvalue weighted by molar-refractivity contribution is 7.92. The first-order valence-corrected chi connectivity index (χ1v) is 14.9. The topological polar surface area (TPSA) is 76.1 Å². The van der Waals surface area contributed by atoms with Gasteiger partial charge in [-0.2, -0.15) is 13.2 Å². The normalized spacial score (nSPS) is 20.4. The van der Waals surface area contributed by atoms with Crippen molar-refractivity contribution < 1.29 is 36.2 Å². The molecule has 1 saturated heterocycles. The molecule has 2 aliphatic heterocycles. The number of benzene rings is 3. The molecule has 5 rings (SSSR count). The molecule has 6 nitrogen and oxygen atoms in total. The minimum atomic E-state index is -5.48. The van der Waals surface area contributed by atoms with Gasteiger partial charge in [0.15, 0.2) is 0 Å². The summed E-state index contributed by atoms with van der Waals surface area (Å²) in [6, 6.07) is 17.1. The molecule has 0 bridgehead atoms. The van der Waals surface area contributed by atoms with Gasteiger partial charge in [0.1, 0.15) is 30.0 Å². The molecule has 3 aromatic rings. The monoisotopic (exact) mass is 587 g/mol. The first-order valence-electron chi connectivity index (χ1n) is 13.4. The van der Waals surface area contributed by atoms with Crippen molar-refractivity contribution in [2.75, 3.05) is 19.7 Å². The van der Waals surface area contributed by atoms with Crippen molar-refractivity contribution in [3.8, 4) is 17.2 Å². The third-order valence-electron chi connectivity index (χ3n) is 7.81. The van der Waals surface area contributed by atoms with Crippen LogP contribution in [0.3, 0.4) is 0 Å². The number of rotatable bonds is 7. The molecule has 3 unspecified atom stereocenters. The maximum atomic E-state index is 13.1. The number of phenols is 1. The van der Waals surface area contributed by atoms with Crippen molar-refractivity contribution in [2.45, 2.75) is 49.7 Å². The third-order valence-corrected chi connectivity index (χ3v) is 9.31. The lowest BCUT2D eigenvalue weighted by atomic mass is 9.86. The number of sulfone groups is 1. The lowest BCUT2D eigenvalue weighted by Crippen LogP contribution is -2.35. The smallest absolute Gasteiger partial charge is 0.501 e. The molecule has 0 aromatic heterocycles. The van der Waals surface area contributed by atoms with Crippen LogP contribution in [0.2, 0.25) is 0 Å². The van der Waals surface area contributed by atoms with Crippen LogP contribution in [0.4, 0.5) is 13.2 Å². The van der Waals surface area contributed by atoms with Gasteiger partial charge in [-0.1, -0.05) is 31.2 Å². The molecule has 0 amide bonds. The third kappa shape index (κ3) is 5.81. The Morgan fingerprint density at radius 2 is 1.76 bits per heavy atom. The zero-order valence-corrected chi connectivity index (χ0v) is 23.8. The van der Waals surface area contributed by atoms with Crippen LogP contribution in [0, 0.1) is 5.92 Å². The number of allylic oxidation sites excluding steroid dienone is 1. The number of aromatic hydroxyl groups is 1. The van der Waals surface area contributed by atoms with Crippen molar-refractivity contribution in [1.82, 2.24) is 4.90 Å². The van der Waals surface area contributed by atoms with E-state index in [2.05, 4.69) is 18.7 Å². The number of nitrogens with zero attached hydrogens (tertiary/aromatic N) is 1. The minimum Gasteiger partial charge on any atom is -0.508 e. The number of ether oxygens (including phenoxy) is 2. The second kappa shape index (κ2) is 11.1. The molecule has 0 aliphatic carbocycles. The highest BCUT2D eigenvalue weighted by Gasteiger charge is 2.46. The van der Waals surface area contributed by atoms with E-state index >= 15 is 0 Å². The highest BCUT2D eigenvalue weighted by atomic mass is 32.2. The quantitative estimate of drug-likeness (QED) is 0.326. The molecule has 3 aromatic carbocycles. The fourth-order valence-corrected chi connectivity index (χ4v) is 6.18. The number of alkyl halides is 3. The number of phenolic OH excluding ortho intramolecular Hbond substituents is 1. The van der Waals surface area contributed by atoms with Gasteiger partial charge in [0.25, 0.3) is 9.84 Å². The Bertz CT molecular complexity index is 1550. The van der Waals surface area contributed by atoms with E-state index in [1.165, 1.54) is 24.6 Å². The molecule has 2 aliphatic rings. The maximum Gasteiger partial charge on any atom is 0.501 e. The van der Waals surface area contributed by atoms with Crippen molar-refractivity contribution in [2.24, 2.45) is 5.92 Å². The molecule has 10 heteroatoms. The van der Waals surface area contributed by atoms with Gasteiger partial charge in [-0.25, -0.2) is 8.42 Å². The predicted molar refractivity (Wildman–Crippen MR) is 150 cm³/mol. The van der Waals surface area contributed by atoms with Gasteiger partial charge in [-0.3, -0.25) is 4.90 Å². The van der Waals surface area contributed by atoms with Crippen LogP contribution in [0.1, 0.15) is 50.0 Å². The van der Waals surface area contributed by atoms with Crippen LogP contribution in [-0.4, -0.2) is 49.7 Å².